The first-order valence-electron chi connectivity index (χ1n) is 10.2. The van der Waals surface area contributed by atoms with E-state index in [1.54, 1.807) is 7.11 Å². The van der Waals surface area contributed by atoms with Crippen LogP contribution < -0.4 is 10.1 Å². The molecule has 1 N–H and O–H groups in total. The molecular formula is C24H25ClN4O. The molecule has 30 heavy (non-hydrogen) atoms. The maximum absolute atomic E-state index is 9.55. The molecule has 0 fully saturated rings. The first-order chi connectivity index (χ1) is 14.5. The lowest BCUT2D eigenvalue weighted by Gasteiger charge is -2.28. The highest BCUT2D eigenvalue weighted by Crippen LogP contribution is 2.35. The van der Waals surface area contributed by atoms with Crippen molar-refractivity contribution in [2.24, 2.45) is 0 Å². The molecule has 0 amide bonds. The van der Waals surface area contributed by atoms with Gasteiger partial charge in [0, 0.05) is 42.7 Å². The number of pyridine rings is 1. The Morgan fingerprint density at radius 1 is 1.30 bits per heavy atom. The van der Waals surface area contributed by atoms with Crippen LogP contribution in [0.2, 0.25) is 5.02 Å². The summed E-state index contributed by atoms with van der Waals surface area (Å²) in [7, 11) is 3.74. The third-order valence-electron chi connectivity index (χ3n) is 5.71. The van der Waals surface area contributed by atoms with Gasteiger partial charge in [0.05, 0.1) is 35.0 Å². The summed E-state index contributed by atoms with van der Waals surface area (Å²) < 4.78 is 5.26. The highest BCUT2D eigenvalue weighted by molar-refractivity contribution is 6.32. The summed E-state index contributed by atoms with van der Waals surface area (Å²) in [6.07, 6.45) is 1.76. The van der Waals surface area contributed by atoms with E-state index in [0.29, 0.717) is 22.9 Å². The first-order valence-corrected chi connectivity index (χ1v) is 10.5. The first kappa shape index (κ1) is 20.5. The van der Waals surface area contributed by atoms with E-state index in [-0.39, 0.29) is 0 Å². The number of hydrogen-bond donors (Lipinski definition) is 1. The number of halogens is 1. The molecule has 4 rings (SSSR count). The Kier molecular flexibility index (Phi) is 5.80. The van der Waals surface area contributed by atoms with Gasteiger partial charge in [0.1, 0.15) is 5.75 Å². The fraction of sp³-hybridized carbons (Fsp3) is 0.333. The number of nitrogens with zero attached hydrogens (tertiary/aromatic N) is 3. The molecule has 1 aromatic heterocycles. The number of nitrogens with one attached hydrogen (secondary N) is 1. The van der Waals surface area contributed by atoms with Crippen LogP contribution in [-0.4, -0.2) is 30.6 Å². The van der Waals surface area contributed by atoms with E-state index in [2.05, 4.69) is 30.3 Å². The molecule has 154 valence electrons. The number of anilines is 1. The van der Waals surface area contributed by atoms with E-state index in [1.165, 1.54) is 5.56 Å². The molecule has 0 saturated heterocycles. The number of ether oxygens (including phenoxy) is 1. The Hall–Kier alpha value is -2.81. The van der Waals surface area contributed by atoms with Gasteiger partial charge in [-0.2, -0.15) is 5.26 Å². The maximum Gasteiger partial charge on any atom is 0.137 e. The summed E-state index contributed by atoms with van der Waals surface area (Å²) in [5.74, 6) is 0.667. The average molecular weight is 421 g/mol. The van der Waals surface area contributed by atoms with Gasteiger partial charge in [-0.25, -0.2) is 0 Å². The molecule has 6 heteroatoms. The number of nitriles is 1. The van der Waals surface area contributed by atoms with Crippen molar-refractivity contribution in [1.82, 2.24) is 9.88 Å². The summed E-state index contributed by atoms with van der Waals surface area (Å²) in [6, 6.07) is 12.0. The van der Waals surface area contributed by atoms with Crippen LogP contribution in [0, 0.1) is 11.3 Å². The van der Waals surface area contributed by atoms with Crippen molar-refractivity contribution in [2.45, 2.75) is 32.9 Å². The zero-order valence-corrected chi connectivity index (χ0v) is 18.3. The number of aromatic nitrogens is 1. The van der Waals surface area contributed by atoms with Gasteiger partial charge in [-0.05, 0) is 48.9 Å². The molecule has 2 heterocycles. The SMILES string of the molecule is CCc1cc(C#N)cc2c(NCc3ccc(OC)c(Cl)c3)c3c(nc12)CCN(C)C3. The largest absolute Gasteiger partial charge is 0.495 e. The van der Waals surface area contributed by atoms with Gasteiger partial charge in [0.2, 0.25) is 0 Å². The van der Waals surface area contributed by atoms with Crippen molar-refractivity contribution in [2.75, 3.05) is 26.0 Å². The summed E-state index contributed by atoms with van der Waals surface area (Å²) in [5, 5.41) is 14.8. The number of benzene rings is 2. The molecule has 0 aliphatic carbocycles. The molecule has 0 atom stereocenters. The van der Waals surface area contributed by atoms with Gasteiger partial charge >= 0.3 is 0 Å². The Morgan fingerprint density at radius 2 is 2.13 bits per heavy atom. The van der Waals surface area contributed by atoms with Gasteiger partial charge < -0.3 is 15.0 Å². The van der Waals surface area contributed by atoms with Crippen LogP contribution in [0.5, 0.6) is 5.75 Å². The number of methoxy groups -OCH3 is 1. The molecule has 0 spiro atoms. The van der Waals surface area contributed by atoms with Crippen molar-refractivity contribution >= 4 is 28.2 Å². The van der Waals surface area contributed by atoms with Crippen molar-refractivity contribution in [3.63, 3.8) is 0 Å². The number of hydrogen-bond acceptors (Lipinski definition) is 5. The van der Waals surface area contributed by atoms with Gasteiger partial charge in [-0.15, -0.1) is 0 Å². The van der Waals surface area contributed by atoms with E-state index in [4.69, 9.17) is 21.3 Å². The minimum absolute atomic E-state index is 0.596. The summed E-state index contributed by atoms with van der Waals surface area (Å²) >= 11 is 6.31. The molecule has 1 aliphatic rings. The lowest BCUT2D eigenvalue weighted by Crippen LogP contribution is -2.28. The molecule has 2 aromatic carbocycles. The molecule has 1 aliphatic heterocycles. The van der Waals surface area contributed by atoms with Gasteiger partial charge in [0.25, 0.3) is 0 Å². The predicted molar refractivity (Wildman–Crippen MR) is 121 cm³/mol. The van der Waals surface area contributed by atoms with E-state index in [9.17, 15) is 5.26 Å². The van der Waals surface area contributed by atoms with E-state index in [0.717, 1.165) is 59.3 Å². The average Bonchev–Trinajstić information content (AvgIpc) is 2.76. The molecule has 0 bridgehead atoms. The van der Waals surface area contributed by atoms with Crippen LogP contribution in [0.25, 0.3) is 10.9 Å². The zero-order chi connectivity index (χ0) is 21.3. The second-order valence-electron chi connectivity index (χ2n) is 7.72. The maximum atomic E-state index is 9.55. The number of rotatable bonds is 5. The molecule has 3 aromatic rings. The second kappa shape index (κ2) is 8.51. The number of aryl methyl sites for hydroxylation is 1. The third kappa shape index (κ3) is 3.81. The Labute approximate surface area is 182 Å². The van der Waals surface area contributed by atoms with Crippen molar-refractivity contribution in [1.29, 1.82) is 5.26 Å². The molecule has 0 saturated carbocycles. The van der Waals surface area contributed by atoms with Crippen LogP contribution >= 0.6 is 11.6 Å². The van der Waals surface area contributed by atoms with Crippen molar-refractivity contribution < 1.29 is 4.74 Å². The highest BCUT2D eigenvalue weighted by atomic mass is 35.5. The van der Waals surface area contributed by atoms with Crippen LogP contribution in [0.1, 0.15) is 34.9 Å². The van der Waals surface area contributed by atoms with Gasteiger partial charge in [-0.3, -0.25) is 4.98 Å². The molecular weight excluding hydrogens is 396 g/mol. The summed E-state index contributed by atoms with van der Waals surface area (Å²) in [5.41, 5.74) is 7.27. The number of likely N-dealkylation sites (N-methyl/N-ethyl adjacent to an activating group) is 1. The van der Waals surface area contributed by atoms with E-state index < -0.39 is 0 Å². The van der Waals surface area contributed by atoms with Crippen LogP contribution in [0.15, 0.2) is 30.3 Å². The van der Waals surface area contributed by atoms with Gasteiger partial charge in [0.15, 0.2) is 0 Å². The van der Waals surface area contributed by atoms with E-state index in [1.807, 2.05) is 30.3 Å². The van der Waals surface area contributed by atoms with Crippen LogP contribution in [0.3, 0.4) is 0 Å². The number of fused-ring (bicyclic) bond motifs is 2. The van der Waals surface area contributed by atoms with Crippen molar-refractivity contribution in [3.8, 4) is 11.8 Å². The standard InChI is InChI=1S/C24H25ClN4O/c1-4-17-9-16(12-26)10-18-23(17)28-21-7-8-29(2)14-19(21)24(18)27-13-15-5-6-22(30-3)20(25)11-15/h5-6,9-11H,4,7-8,13-14H2,1-3H3,(H,27,28). The molecule has 0 radical (unpaired) electrons. The van der Waals surface area contributed by atoms with Crippen molar-refractivity contribution in [3.05, 3.63) is 63.3 Å². The topological polar surface area (TPSA) is 61.2 Å². The summed E-state index contributed by atoms with van der Waals surface area (Å²) in [6.45, 7) is 4.56. The van der Waals surface area contributed by atoms with Crippen LogP contribution in [0.4, 0.5) is 5.69 Å². The lowest BCUT2D eigenvalue weighted by molar-refractivity contribution is 0.311. The zero-order valence-electron chi connectivity index (χ0n) is 17.6. The van der Waals surface area contributed by atoms with Crippen LogP contribution in [-0.2, 0) is 25.9 Å². The second-order valence-corrected chi connectivity index (χ2v) is 8.13. The normalized spacial score (nSPS) is 13.7. The molecule has 0 unspecified atom stereocenters. The fourth-order valence-electron chi connectivity index (χ4n) is 4.10. The minimum atomic E-state index is 0.596. The smallest absolute Gasteiger partial charge is 0.137 e. The Bertz CT molecular complexity index is 1150. The molecule has 5 nitrogen and oxygen atoms in total. The van der Waals surface area contributed by atoms with E-state index >= 15 is 0 Å². The monoisotopic (exact) mass is 420 g/mol. The minimum Gasteiger partial charge on any atom is -0.495 e. The quantitative estimate of drug-likeness (QED) is 0.634. The van der Waals surface area contributed by atoms with Gasteiger partial charge in [-0.1, -0.05) is 24.6 Å². The highest BCUT2D eigenvalue weighted by Gasteiger charge is 2.22. The Balaban J connectivity index is 1.82. The fourth-order valence-corrected chi connectivity index (χ4v) is 4.38. The lowest BCUT2D eigenvalue weighted by atomic mass is 9.96. The predicted octanol–water partition coefficient (Wildman–Crippen LogP) is 4.93. The Morgan fingerprint density at radius 3 is 2.83 bits per heavy atom. The summed E-state index contributed by atoms with van der Waals surface area (Å²) in [4.78, 5) is 7.34. The third-order valence-corrected chi connectivity index (χ3v) is 6.00.